The third-order valence-electron chi connectivity index (χ3n) is 2.09. The first-order chi connectivity index (χ1) is 8.65. The highest BCUT2D eigenvalue weighted by atomic mass is 35.5. The van der Waals surface area contributed by atoms with E-state index >= 15 is 0 Å². The van der Waals surface area contributed by atoms with Gasteiger partial charge >= 0.3 is 0 Å². The quantitative estimate of drug-likeness (QED) is 0.518. The third-order valence-corrected chi connectivity index (χ3v) is 2.84. The zero-order valence-corrected chi connectivity index (χ0v) is 10.1. The van der Waals surface area contributed by atoms with E-state index in [1.807, 2.05) is 0 Å². The van der Waals surface area contributed by atoms with E-state index in [1.165, 1.54) is 6.20 Å². The number of hydrogen-bond donors (Lipinski definition) is 1. The fraction of sp³-hybridized carbons (Fsp3) is 0. The van der Waals surface area contributed by atoms with Crippen molar-refractivity contribution < 1.29 is 8.42 Å². The molecule has 18 heavy (non-hydrogen) atoms. The number of imidazole rings is 1. The smallest absolute Gasteiger partial charge is 0.278 e. The van der Waals surface area contributed by atoms with Gasteiger partial charge in [0, 0.05) is 12.4 Å². The Labute approximate surface area is 106 Å². The van der Waals surface area contributed by atoms with E-state index in [9.17, 15) is 8.42 Å². The molecule has 3 heterocycles. The van der Waals surface area contributed by atoms with Crippen molar-refractivity contribution in [3.05, 3.63) is 28.4 Å². The van der Waals surface area contributed by atoms with E-state index < -0.39 is 10.3 Å². The van der Waals surface area contributed by atoms with Crippen molar-refractivity contribution in [2.45, 2.75) is 0 Å². The van der Waals surface area contributed by atoms with Crippen LogP contribution in [-0.4, -0.2) is 33.5 Å². The lowest BCUT2D eigenvalue weighted by Gasteiger charge is -1.94. The molecule has 3 rings (SSSR count). The lowest BCUT2D eigenvalue weighted by molar-refractivity contribution is 0.626. The number of H-pyrrole nitrogens is 1. The summed E-state index contributed by atoms with van der Waals surface area (Å²) < 4.78 is 21.5. The Morgan fingerprint density at radius 2 is 2.06 bits per heavy atom. The topological polar surface area (TPSA) is 113 Å². The molecule has 8 nitrogen and oxygen atoms in total. The predicted octanol–water partition coefficient (Wildman–Crippen LogP) is -1.26. The van der Waals surface area contributed by atoms with Gasteiger partial charge in [-0.1, -0.05) is 11.6 Å². The van der Waals surface area contributed by atoms with Gasteiger partial charge in [0.2, 0.25) is 0 Å². The van der Waals surface area contributed by atoms with Gasteiger partial charge in [-0.25, -0.2) is 19.9 Å². The summed E-state index contributed by atoms with van der Waals surface area (Å²) in [5, 5.41) is -0.195. The zero-order valence-electron chi connectivity index (χ0n) is 8.49. The minimum Gasteiger partial charge on any atom is -0.342 e. The van der Waals surface area contributed by atoms with Crippen LogP contribution in [-0.2, 0) is 10.3 Å². The maximum atomic E-state index is 10.8. The molecule has 90 valence electrons. The largest absolute Gasteiger partial charge is 0.342 e. The summed E-state index contributed by atoms with van der Waals surface area (Å²) in [7, 11) is -2.54. The van der Waals surface area contributed by atoms with Crippen LogP contribution in [0.5, 0.6) is 0 Å². The molecule has 1 N–H and O–H groups in total. The van der Waals surface area contributed by atoms with Crippen molar-refractivity contribution in [2.24, 2.45) is 9.98 Å². The molecule has 0 saturated heterocycles. The summed E-state index contributed by atoms with van der Waals surface area (Å²) in [5.41, 5.74) is 0.112. The number of aromatic nitrogens is 4. The van der Waals surface area contributed by atoms with Gasteiger partial charge in [-0.2, -0.15) is 13.4 Å². The van der Waals surface area contributed by atoms with Crippen LogP contribution in [0, 0.1) is 0 Å². The number of fused-ring (bicyclic) bond motifs is 1. The van der Waals surface area contributed by atoms with E-state index in [-0.39, 0.29) is 26.9 Å². The number of nitrogens with zero attached hydrogens (tertiary/aromatic N) is 5. The van der Waals surface area contributed by atoms with Crippen molar-refractivity contribution in [3.8, 4) is 11.6 Å². The van der Waals surface area contributed by atoms with Gasteiger partial charge < -0.3 is 4.98 Å². The molecular formula is C8H3ClN6O2S. The summed E-state index contributed by atoms with van der Waals surface area (Å²) in [6.07, 6.45) is 3.14. The Balaban J connectivity index is 2.34. The van der Waals surface area contributed by atoms with E-state index in [0.717, 1.165) is 0 Å². The Kier molecular flexibility index (Phi) is 2.42. The SMILES string of the molecule is O=S(=O)=C1N=c2nc(-c3ncc[nH]3)nc(Cl)c2=N1. The zero-order chi connectivity index (χ0) is 12.7. The van der Waals surface area contributed by atoms with Crippen molar-refractivity contribution >= 4 is 27.0 Å². The van der Waals surface area contributed by atoms with Crippen LogP contribution in [0.25, 0.3) is 11.6 Å². The highest BCUT2D eigenvalue weighted by Crippen LogP contribution is 2.07. The monoisotopic (exact) mass is 282 g/mol. The Hall–Kier alpha value is -2.13. The lowest BCUT2D eigenvalue weighted by Crippen LogP contribution is -2.28. The van der Waals surface area contributed by atoms with Crippen LogP contribution in [0.2, 0.25) is 5.15 Å². The third kappa shape index (κ3) is 1.69. The predicted molar refractivity (Wildman–Crippen MR) is 60.9 cm³/mol. The summed E-state index contributed by atoms with van der Waals surface area (Å²) in [4.78, 5) is 22.3. The maximum absolute atomic E-state index is 10.8. The number of nitrogens with one attached hydrogen (secondary N) is 1. The average molecular weight is 283 g/mol. The van der Waals surface area contributed by atoms with Crippen LogP contribution < -0.4 is 10.8 Å². The highest BCUT2D eigenvalue weighted by Gasteiger charge is 2.14. The second-order valence-corrected chi connectivity index (χ2v) is 4.38. The molecule has 0 spiro atoms. The fourth-order valence-electron chi connectivity index (χ4n) is 1.37. The maximum Gasteiger partial charge on any atom is 0.278 e. The summed E-state index contributed by atoms with van der Waals surface area (Å²) in [6.45, 7) is 0. The van der Waals surface area contributed by atoms with Crippen molar-refractivity contribution in [3.63, 3.8) is 0 Å². The van der Waals surface area contributed by atoms with E-state index in [0.29, 0.717) is 5.82 Å². The molecule has 0 atom stereocenters. The summed E-state index contributed by atoms with van der Waals surface area (Å²) >= 11 is 5.90. The van der Waals surface area contributed by atoms with Gasteiger partial charge in [-0.15, -0.1) is 0 Å². The van der Waals surface area contributed by atoms with Gasteiger partial charge in [0.15, 0.2) is 22.3 Å². The van der Waals surface area contributed by atoms with E-state index in [2.05, 4.69) is 29.9 Å². The van der Waals surface area contributed by atoms with Gasteiger partial charge in [0.1, 0.15) is 5.36 Å². The Morgan fingerprint density at radius 3 is 2.72 bits per heavy atom. The molecule has 0 amide bonds. The fourth-order valence-corrected chi connectivity index (χ4v) is 1.90. The molecule has 1 aliphatic rings. The Morgan fingerprint density at radius 1 is 1.22 bits per heavy atom. The van der Waals surface area contributed by atoms with Crippen LogP contribution in [0.4, 0.5) is 0 Å². The number of rotatable bonds is 1. The molecule has 2 aromatic heterocycles. The molecule has 1 aliphatic heterocycles. The molecule has 0 fully saturated rings. The van der Waals surface area contributed by atoms with Crippen molar-refractivity contribution in [1.82, 2.24) is 19.9 Å². The van der Waals surface area contributed by atoms with Gasteiger partial charge in [-0.3, -0.25) is 0 Å². The molecule has 0 bridgehead atoms. The van der Waals surface area contributed by atoms with Crippen molar-refractivity contribution in [2.75, 3.05) is 0 Å². The van der Waals surface area contributed by atoms with Crippen LogP contribution >= 0.6 is 11.6 Å². The first-order valence-corrected chi connectivity index (χ1v) is 6.07. The standard InChI is InChI=1S/C8H3ClN6O2S/c9-4-3-5(15-8(12-3)18(16)17)14-7(13-4)6-10-1-2-11-6/h1-2H,(H,10,11). The van der Waals surface area contributed by atoms with Crippen LogP contribution in [0.3, 0.4) is 0 Å². The van der Waals surface area contributed by atoms with Gasteiger partial charge in [-0.05, 0) is 0 Å². The lowest BCUT2D eigenvalue weighted by atomic mass is 10.5. The summed E-state index contributed by atoms with van der Waals surface area (Å²) in [6, 6.07) is 0. The van der Waals surface area contributed by atoms with Crippen LogP contribution in [0.15, 0.2) is 22.4 Å². The number of halogens is 1. The molecule has 0 saturated carbocycles. The van der Waals surface area contributed by atoms with E-state index in [4.69, 9.17) is 11.6 Å². The minimum absolute atomic E-state index is 0.0237. The minimum atomic E-state index is -2.54. The van der Waals surface area contributed by atoms with Crippen molar-refractivity contribution in [1.29, 1.82) is 0 Å². The molecule has 0 unspecified atom stereocenters. The number of aromatic amines is 1. The first-order valence-electron chi connectivity index (χ1n) is 4.62. The molecule has 10 heteroatoms. The molecule has 0 radical (unpaired) electrons. The molecule has 0 aromatic carbocycles. The number of hydrogen-bond acceptors (Lipinski definition) is 5. The molecule has 0 aliphatic carbocycles. The molecular weight excluding hydrogens is 280 g/mol. The van der Waals surface area contributed by atoms with Crippen LogP contribution in [0.1, 0.15) is 0 Å². The molecule has 2 aromatic rings. The second kappa shape index (κ2) is 3.96. The normalized spacial score (nSPS) is 12.8. The average Bonchev–Trinajstić information content (AvgIpc) is 2.97. The Bertz CT molecular complexity index is 878. The second-order valence-electron chi connectivity index (χ2n) is 3.19. The van der Waals surface area contributed by atoms with Gasteiger partial charge in [0.25, 0.3) is 15.4 Å². The highest BCUT2D eigenvalue weighted by molar-refractivity contribution is 7.72. The summed E-state index contributed by atoms with van der Waals surface area (Å²) in [5.74, 6) is 0.632. The van der Waals surface area contributed by atoms with Gasteiger partial charge in [0.05, 0.1) is 0 Å². The first kappa shape index (κ1) is 11.0. The van der Waals surface area contributed by atoms with E-state index in [1.54, 1.807) is 6.20 Å².